The van der Waals surface area contributed by atoms with E-state index in [0.717, 1.165) is 64.8 Å². The van der Waals surface area contributed by atoms with Crippen LogP contribution in [-0.4, -0.2) is 79.5 Å². The van der Waals surface area contributed by atoms with Gasteiger partial charge in [-0.1, -0.05) is 13.8 Å². The van der Waals surface area contributed by atoms with Gasteiger partial charge in [-0.15, -0.1) is 0 Å². The molecule has 6 atom stereocenters. The number of rotatable bonds is 14. The first-order valence-corrected chi connectivity index (χ1v) is 16.4. The van der Waals surface area contributed by atoms with E-state index in [1.807, 2.05) is 0 Å². The molecule has 0 spiro atoms. The van der Waals surface area contributed by atoms with Crippen LogP contribution >= 0.6 is 0 Å². The Morgan fingerprint density at radius 3 is 1.71 bits per heavy atom. The Bertz CT molecular complexity index is 655. The Morgan fingerprint density at radius 1 is 0.686 bits per heavy atom. The van der Waals surface area contributed by atoms with Crippen molar-refractivity contribution in [2.75, 3.05) is 46.2 Å². The Hall–Kier alpha value is -0.0631. The fraction of sp³-hybridized carbons (Fsp3) is 1.00. The van der Waals surface area contributed by atoms with Crippen LogP contribution in [0.3, 0.4) is 0 Å². The van der Waals surface area contributed by atoms with Crippen molar-refractivity contribution in [2.45, 2.75) is 102 Å². The van der Waals surface area contributed by atoms with Crippen LogP contribution < -0.4 is 0 Å². The van der Waals surface area contributed by atoms with Crippen molar-refractivity contribution in [1.29, 1.82) is 0 Å². The van der Waals surface area contributed by atoms with Gasteiger partial charge in [0.15, 0.2) is 0 Å². The number of ether oxygens (including phenoxy) is 4. The molecule has 2 aliphatic carbocycles. The highest BCUT2D eigenvalue weighted by Crippen LogP contribution is 2.44. The molecule has 2 saturated carbocycles. The van der Waals surface area contributed by atoms with Crippen molar-refractivity contribution in [1.82, 2.24) is 0 Å². The first-order valence-electron chi connectivity index (χ1n) is 14.4. The molecule has 4 heterocycles. The molecule has 4 aliphatic heterocycles. The van der Waals surface area contributed by atoms with Gasteiger partial charge in [0.25, 0.3) is 0 Å². The molecule has 6 fully saturated rings. The highest BCUT2D eigenvalue weighted by Gasteiger charge is 2.51. The molecule has 8 heteroatoms. The molecular weight excluding hydrogens is 464 g/mol. The van der Waals surface area contributed by atoms with Crippen molar-refractivity contribution < 1.29 is 32.2 Å². The summed E-state index contributed by atoms with van der Waals surface area (Å²) in [6, 6.07) is 0.908. The summed E-state index contributed by atoms with van der Waals surface area (Å²) in [5.74, 6) is 1.24. The second-order valence-corrected chi connectivity index (χ2v) is 15.3. The van der Waals surface area contributed by atoms with E-state index in [1.54, 1.807) is 0 Å². The van der Waals surface area contributed by atoms with E-state index in [0.29, 0.717) is 49.5 Å². The van der Waals surface area contributed by atoms with E-state index in [-0.39, 0.29) is 10.8 Å². The minimum absolute atomic E-state index is 0.118. The maximum absolute atomic E-state index is 6.91. The maximum atomic E-state index is 6.91. The van der Waals surface area contributed by atoms with E-state index in [4.69, 9.17) is 32.2 Å². The Balaban J connectivity index is 1.15. The Morgan fingerprint density at radius 2 is 1.23 bits per heavy atom. The summed E-state index contributed by atoms with van der Waals surface area (Å²) in [5, 5.41) is 0. The average molecular weight is 511 g/mol. The fourth-order valence-corrected chi connectivity index (χ4v) is 9.43. The molecular formula is C27H46O7Si. The first kappa shape index (κ1) is 25.2. The van der Waals surface area contributed by atoms with Crippen LogP contribution in [0, 0.1) is 22.7 Å². The summed E-state index contributed by atoms with van der Waals surface area (Å²) in [4.78, 5) is 0. The molecule has 35 heavy (non-hydrogen) atoms. The van der Waals surface area contributed by atoms with Gasteiger partial charge < -0.3 is 32.2 Å². The molecule has 0 aromatic rings. The van der Waals surface area contributed by atoms with E-state index >= 15 is 0 Å². The molecule has 7 nitrogen and oxygen atoms in total. The predicted octanol–water partition coefficient (Wildman–Crippen LogP) is 4.35. The van der Waals surface area contributed by atoms with Crippen molar-refractivity contribution in [3.63, 3.8) is 0 Å². The van der Waals surface area contributed by atoms with Crippen molar-refractivity contribution in [3.05, 3.63) is 0 Å². The van der Waals surface area contributed by atoms with Crippen LogP contribution in [0.4, 0.5) is 0 Å². The van der Waals surface area contributed by atoms with Gasteiger partial charge in [0.05, 0.1) is 50.8 Å². The van der Waals surface area contributed by atoms with Gasteiger partial charge in [0.1, 0.15) is 0 Å². The molecule has 0 amide bonds. The van der Waals surface area contributed by atoms with Crippen LogP contribution in [-0.2, 0) is 32.2 Å². The van der Waals surface area contributed by atoms with E-state index in [1.165, 1.54) is 32.1 Å². The van der Waals surface area contributed by atoms with Gasteiger partial charge >= 0.3 is 8.80 Å². The highest BCUT2D eigenvalue weighted by molar-refractivity contribution is 6.60. The Kier molecular flexibility index (Phi) is 7.39. The number of hydrogen-bond acceptors (Lipinski definition) is 7. The van der Waals surface area contributed by atoms with Crippen LogP contribution in [0.5, 0.6) is 0 Å². The smallest absolute Gasteiger partial charge is 0.380 e. The van der Waals surface area contributed by atoms with E-state index in [9.17, 15) is 0 Å². The quantitative estimate of drug-likeness (QED) is 0.254. The SMILES string of the molecule is CCC1(CO[Si](CCC2CCC3OC3C2)(OCC2CCC3OC3C2)OCC2(CC)COC2)COC1. The molecule has 0 N–H and O–H groups in total. The predicted molar refractivity (Wildman–Crippen MR) is 132 cm³/mol. The lowest BCUT2D eigenvalue weighted by Gasteiger charge is -2.45. The molecule has 6 rings (SSSR count). The fourth-order valence-electron chi connectivity index (χ4n) is 6.44. The van der Waals surface area contributed by atoms with Gasteiger partial charge in [-0.3, -0.25) is 0 Å². The zero-order chi connectivity index (χ0) is 23.9. The molecule has 200 valence electrons. The van der Waals surface area contributed by atoms with Gasteiger partial charge in [0.2, 0.25) is 0 Å². The zero-order valence-corrected chi connectivity index (χ0v) is 22.8. The second-order valence-electron chi connectivity index (χ2n) is 12.6. The normalized spacial score (nSPS) is 38.6. The van der Waals surface area contributed by atoms with Crippen molar-refractivity contribution >= 4 is 8.80 Å². The van der Waals surface area contributed by atoms with Gasteiger partial charge in [0, 0.05) is 36.7 Å². The third-order valence-electron chi connectivity index (χ3n) is 9.95. The molecule has 4 saturated heterocycles. The lowest BCUT2D eigenvalue weighted by Crippen LogP contribution is -2.56. The summed E-state index contributed by atoms with van der Waals surface area (Å²) in [7, 11) is -2.89. The van der Waals surface area contributed by atoms with Crippen molar-refractivity contribution in [2.24, 2.45) is 22.7 Å². The first-order chi connectivity index (χ1) is 17.0. The van der Waals surface area contributed by atoms with Crippen LogP contribution in [0.25, 0.3) is 0 Å². The van der Waals surface area contributed by atoms with Crippen LogP contribution in [0.1, 0.15) is 71.6 Å². The number of hydrogen-bond donors (Lipinski definition) is 0. The lowest BCUT2D eigenvalue weighted by molar-refractivity contribution is -0.157. The zero-order valence-electron chi connectivity index (χ0n) is 21.8. The third kappa shape index (κ3) is 5.70. The summed E-state index contributed by atoms with van der Waals surface area (Å²) >= 11 is 0. The average Bonchev–Trinajstić information content (AvgIpc) is 3.74. The highest BCUT2D eigenvalue weighted by atomic mass is 28.4. The molecule has 0 aromatic heterocycles. The third-order valence-corrected chi connectivity index (χ3v) is 12.6. The summed E-state index contributed by atoms with van der Waals surface area (Å²) < 4.78 is 43.5. The molecule has 0 bridgehead atoms. The van der Waals surface area contributed by atoms with Gasteiger partial charge in [-0.2, -0.15) is 0 Å². The summed E-state index contributed by atoms with van der Waals surface area (Å²) in [6.45, 7) is 9.74. The molecule has 6 aliphatic rings. The molecule has 0 radical (unpaired) electrons. The van der Waals surface area contributed by atoms with E-state index in [2.05, 4.69) is 13.8 Å². The minimum atomic E-state index is -2.89. The monoisotopic (exact) mass is 510 g/mol. The second kappa shape index (κ2) is 10.2. The maximum Gasteiger partial charge on any atom is 0.501 e. The lowest BCUT2D eigenvalue weighted by atomic mass is 9.84. The largest absolute Gasteiger partial charge is 0.501 e. The van der Waals surface area contributed by atoms with E-state index < -0.39 is 8.80 Å². The van der Waals surface area contributed by atoms with Gasteiger partial charge in [-0.05, 0) is 69.6 Å². The van der Waals surface area contributed by atoms with Crippen molar-refractivity contribution in [3.8, 4) is 0 Å². The standard InChI is InChI=1S/C27H46O7Si/c1-3-26(14-28-15-26)18-31-35(32-19-27(4-2)16-29-17-27,10-9-20-5-7-22-24(11-20)33-22)30-13-21-6-8-23-25(12-21)34-23/h20-25H,3-19H2,1-2H3. The number of epoxide rings is 2. The van der Waals surface area contributed by atoms with Gasteiger partial charge in [-0.25, -0.2) is 0 Å². The summed E-state index contributed by atoms with van der Waals surface area (Å²) in [6.07, 6.45) is 12.4. The Labute approximate surface area is 212 Å². The molecule has 0 aromatic carbocycles. The van der Waals surface area contributed by atoms with Crippen LogP contribution in [0.15, 0.2) is 0 Å². The van der Waals surface area contributed by atoms with Crippen LogP contribution in [0.2, 0.25) is 6.04 Å². The minimum Gasteiger partial charge on any atom is -0.380 e. The topological polar surface area (TPSA) is 71.2 Å². The summed E-state index contributed by atoms with van der Waals surface area (Å²) in [5.41, 5.74) is 0.236. The molecule has 6 unspecified atom stereocenters. The number of fused-ring (bicyclic) bond motifs is 2.